The van der Waals surface area contributed by atoms with Crippen molar-refractivity contribution in [2.45, 2.75) is 6.92 Å². The van der Waals surface area contributed by atoms with E-state index in [4.69, 9.17) is 15.6 Å². The molecular weight excluding hydrogens is 182 g/mol. The molecule has 78 valence electrons. The minimum Gasteiger partial charge on any atom is -0.497 e. The second kappa shape index (κ2) is 6.91. The molecule has 0 heterocycles. The first-order chi connectivity index (χ1) is 6.69. The number of hydrogen-bond acceptors (Lipinski definition) is 4. The summed E-state index contributed by atoms with van der Waals surface area (Å²) in [6.07, 6.45) is 0.706. The summed E-state index contributed by atoms with van der Waals surface area (Å²) in [5.41, 5.74) is 6.40. The first kappa shape index (κ1) is 12.4. The SMILES string of the molecule is CCO.COc1ccc(N)c(C=O)c1. The molecule has 0 saturated heterocycles. The first-order valence-electron chi connectivity index (χ1n) is 4.19. The molecule has 14 heavy (non-hydrogen) atoms. The van der Waals surface area contributed by atoms with Crippen LogP contribution in [0, 0.1) is 0 Å². The van der Waals surface area contributed by atoms with Gasteiger partial charge >= 0.3 is 0 Å². The molecular formula is C10H15NO3. The maximum Gasteiger partial charge on any atom is 0.152 e. The van der Waals surface area contributed by atoms with Crippen molar-refractivity contribution in [2.24, 2.45) is 0 Å². The van der Waals surface area contributed by atoms with Gasteiger partial charge in [0.05, 0.1) is 7.11 Å². The molecule has 0 bridgehead atoms. The van der Waals surface area contributed by atoms with Gasteiger partial charge in [-0.05, 0) is 25.1 Å². The summed E-state index contributed by atoms with van der Waals surface area (Å²) in [4.78, 5) is 10.4. The fourth-order valence-electron chi connectivity index (χ4n) is 0.782. The molecule has 3 N–H and O–H groups in total. The van der Waals surface area contributed by atoms with E-state index in [2.05, 4.69) is 0 Å². The maximum absolute atomic E-state index is 10.4. The minimum atomic E-state index is 0.250. The van der Waals surface area contributed by atoms with Crippen LogP contribution in [-0.4, -0.2) is 25.1 Å². The van der Waals surface area contributed by atoms with Crippen LogP contribution in [0.4, 0.5) is 5.69 Å². The number of carbonyl (C=O) groups excluding carboxylic acids is 1. The molecule has 1 rings (SSSR count). The van der Waals surface area contributed by atoms with Crippen molar-refractivity contribution in [1.29, 1.82) is 0 Å². The van der Waals surface area contributed by atoms with Gasteiger partial charge in [0.15, 0.2) is 6.29 Å². The van der Waals surface area contributed by atoms with Crippen LogP contribution in [0.5, 0.6) is 5.75 Å². The fourth-order valence-corrected chi connectivity index (χ4v) is 0.782. The number of benzene rings is 1. The van der Waals surface area contributed by atoms with Crippen molar-refractivity contribution in [2.75, 3.05) is 19.5 Å². The van der Waals surface area contributed by atoms with Crippen LogP contribution in [0.15, 0.2) is 18.2 Å². The van der Waals surface area contributed by atoms with Gasteiger partial charge < -0.3 is 15.6 Å². The molecule has 0 aliphatic carbocycles. The van der Waals surface area contributed by atoms with E-state index in [1.54, 1.807) is 32.2 Å². The summed E-state index contributed by atoms with van der Waals surface area (Å²) in [7, 11) is 1.54. The number of aliphatic hydroxyl groups is 1. The molecule has 0 spiro atoms. The van der Waals surface area contributed by atoms with Gasteiger partial charge in [-0.15, -0.1) is 0 Å². The largest absolute Gasteiger partial charge is 0.497 e. The average Bonchev–Trinajstić information content (AvgIpc) is 2.20. The standard InChI is InChI=1S/C8H9NO2.C2H6O/c1-11-7-2-3-8(9)6(4-7)5-10;1-2-3/h2-5H,9H2,1H3;3H,2H2,1H3. The van der Waals surface area contributed by atoms with E-state index in [-0.39, 0.29) is 6.61 Å². The van der Waals surface area contributed by atoms with Crippen molar-refractivity contribution < 1.29 is 14.6 Å². The Balaban J connectivity index is 0.000000500. The van der Waals surface area contributed by atoms with Crippen LogP contribution < -0.4 is 10.5 Å². The van der Waals surface area contributed by atoms with Crippen molar-refractivity contribution >= 4 is 12.0 Å². The number of aliphatic hydroxyl groups excluding tert-OH is 1. The van der Waals surface area contributed by atoms with Gasteiger partial charge in [0.25, 0.3) is 0 Å². The van der Waals surface area contributed by atoms with Gasteiger partial charge in [0.1, 0.15) is 5.75 Å². The Morgan fingerprint density at radius 1 is 1.57 bits per heavy atom. The molecule has 0 unspecified atom stereocenters. The second-order valence-electron chi connectivity index (χ2n) is 2.43. The monoisotopic (exact) mass is 197 g/mol. The molecule has 0 saturated carbocycles. The minimum absolute atomic E-state index is 0.250. The van der Waals surface area contributed by atoms with Crippen LogP contribution in [0.3, 0.4) is 0 Å². The molecule has 0 amide bonds. The summed E-state index contributed by atoms with van der Waals surface area (Å²) < 4.78 is 4.90. The van der Waals surface area contributed by atoms with Gasteiger partial charge in [-0.3, -0.25) is 4.79 Å². The Kier molecular flexibility index (Phi) is 6.15. The third-order valence-electron chi connectivity index (χ3n) is 1.42. The highest BCUT2D eigenvalue weighted by molar-refractivity contribution is 5.83. The van der Waals surface area contributed by atoms with Gasteiger partial charge in [-0.25, -0.2) is 0 Å². The van der Waals surface area contributed by atoms with Crippen LogP contribution in [0.1, 0.15) is 17.3 Å². The van der Waals surface area contributed by atoms with Crippen LogP contribution in [0.2, 0.25) is 0 Å². The maximum atomic E-state index is 10.4. The lowest BCUT2D eigenvalue weighted by Gasteiger charge is -2.01. The third kappa shape index (κ3) is 3.91. The normalized spacial score (nSPS) is 8.50. The highest BCUT2D eigenvalue weighted by Gasteiger charge is 1.98. The van der Waals surface area contributed by atoms with Gasteiger partial charge in [0.2, 0.25) is 0 Å². The van der Waals surface area contributed by atoms with Gasteiger partial charge in [-0.2, -0.15) is 0 Å². The predicted octanol–water partition coefficient (Wildman–Crippen LogP) is 1.09. The number of rotatable bonds is 2. The zero-order chi connectivity index (χ0) is 11.0. The molecule has 4 nitrogen and oxygen atoms in total. The van der Waals surface area contributed by atoms with Crippen LogP contribution in [-0.2, 0) is 0 Å². The summed E-state index contributed by atoms with van der Waals surface area (Å²) in [6.45, 7) is 1.93. The Bertz CT molecular complexity index is 287. The Hall–Kier alpha value is -1.55. The molecule has 0 radical (unpaired) electrons. The van der Waals surface area contributed by atoms with Gasteiger partial charge in [0, 0.05) is 17.9 Å². The number of anilines is 1. The summed E-state index contributed by atoms with van der Waals surface area (Å²) in [5.74, 6) is 0.640. The second-order valence-corrected chi connectivity index (χ2v) is 2.43. The molecule has 0 aliphatic rings. The number of carbonyl (C=O) groups is 1. The number of hydrogen-bond donors (Lipinski definition) is 2. The van der Waals surface area contributed by atoms with E-state index in [1.807, 2.05) is 0 Å². The molecule has 4 heteroatoms. The molecule has 1 aromatic rings. The van der Waals surface area contributed by atoms with E-state index < -0.39 is 0 Å². The first-order valence-corrected chi connectivity index (χ1v) is 4.19. The zero-order valence-electron chi connectivity index (χ0n) is 8.36. The summed E-state index contributed by atoms with van der Waals surface area (Å²) in [6, 6.07) is 4.95. The number of nitrogen functional groups attached to an aromatic ring is 1. The molecule has 0 atom stereocenters. The van der Waals surface area contributed by atoms with E-state index >= 15 is 0 Å². The van der Waals surface area contributed by atoms with Crippen molar-refractivity contribution in [3.05, 3.63) is 23.8 Å². The smallest absolute Gasteiger partial charge is 0.152 e. The summed E-state index contributed by atoms with van der Waals surface area (Å²) in [5, 5.41) is 7.57. The molecule has 0 fully saturated rings. The number of methoxy groups -OCH3 is 1. The number of ether oxygens (including phenoxy) is 1. The average molecular weight is 197 g/mol. The molecule has 1 aromatic carbocycles. The third-order valence-corrected chi connectivity index (χ3v) is 1.42. The Labute approximate surface area is 83.3 Å². The summed E-state index contributed by atoms with van der Waals surface area (Å²) >= 11 is 0. The zero-order valence-corrected chi connectivity index (χ0v) is 8.36. The Morgan fingerprint density at radius 2 is 2.14 bits per heavy atom. The predicted molar refractivity (Wildman–Crippen MR) is 55.6 cm³/mol. The van der Waals surface area contributed by atoms with Crippen molar-refractivity contribution in [3.8, 4) is 5.75 Å². The fraction of sp³-hybridized carbons (Fsp3) is 0.300. The molecule has 0 aliphatic heterocycles. The highest BCUT2D eigenvalue weighted by Crippen LogP contribution is 2.17. The van der Waals surface area contributed by atoms with Crippen LogP contribution >= 0.6 is 0 Å². The topological polar surface area (TPSA) is 72.6 Å². The Morgan fingerprint density at radius 3 is 2.57 bits per heavy atom. The quantitative estimate of drug-likeness (QED) is 0.550. The number of nitrogens with two attached hydrogens (primary N) is 1. The molecule has 0 aromatic heterocycles. The van der Waals surface area contributed by atoms with Crippen LogP contribution in [0.25, 0.3) is 0 Å². The lowest BCUT2D eigenvalue weighted by Crippen LogP contribution is -1.93. The van der Waals surface area contributed by atoms with E-state index in [9.17, 15) is 4.79 Å². The lowest BCUT2D eigenvalue weighted by atomic mass is 10.2. The lowest BCUT2D eigenvalue weighted by molar-refractivity contribution is 0.112. The van der Waals surface area contributed by atoms with E-state index in [1.165, 1.54) is 0 Å². The van der Waals surface area contributed by atoms with Crippen molar-refractivity contribution in [1.82, 2.24) is 0 Å². The van der Waals surface area contributed by atoms with Gasteiger partial charge in [-0.1, -0.05) is 0 Å². The van der Waals surface area contributed by atoms with E-state index in [0.29, 0.717) is 23.3 Å². The number of aldehydes is 1. The highest BCUT2D eigenvalue weighted by atomic mass is 16.5. The van der Waals surface area contributed by atoms with Crippen molar-refractivity contribution in [3.63, 3.8) is 0 Å². The van der Waals surface area contributed by atoms with E-state index in [0.717, 1.165) is 0 Å².